The van der Waals surface area contributed by atoms with Gasteiger partial charge in [0, 0.05) is 30.1 Å². The topological polar surface area (TPSA) is 16.8 Å². The summed E-state index contributed by atoms with van der Waals surface area (Å²) in [5, 5.41) is 0. The van der Waals surface area contributed by atoms with Gasteiger partial charge in [-0.3, -0.25) is 4.98 Å². The zero-order valence-electron chi connectivity index (χ0n) is 11.5. The highest BCUT2D eigenvalue weighted by Crippen LogP contribution is 2.34. The fourth-order valence-electron chi connectivity index (χ4n) is 3.10. The lowest BCUT2D eigenvalue weighted by molar-refractivity contribution is -0.698. The normalized spacial score (nSPS) is 15.5. The van der Waals surface area contributed by atoms with Crippen LogP contribution in [0.3, 0.4) is 0 Å². The Hall–Kier alpha value is -2.19. The van der Waals surface area contributed by atoms with E-state index in [4.69, 9.17) is 0 Å². The molecular weight excluding hydrogens is 280 g/mol. The number of pyridine rings is 2. The van der Waals surface area contributed by atoms with Crippen LogP contribution in [0.15, 0.2) is 73.2 Å². The molecule has 3 aromatic rings. The molecule has 0 N–H and O–H groups in total. The van der Waals surface area contributed by atoms with Gasteiger partial charge < -0.3 is 12.4 Å². The quantitative estimate of drug-likeness (QED) is 0.449. The zero-order valence-corrected chi connectivity index (χ0v) is 12.2. The molecule has 0 saturated carbocycles. The van der Waals surface area contributed by atoms with Gasteiger partial charge in [-0.1, -0.05) is 30.3 Å². The molecule has 0 radical (unpaired) electrons. The van der Waals surface area contributed by atoms with E-state index in [1.165, 1.54) is 22.4 Å². The van der Waals surface area contributed by atoms with Crippen molar-refractivity contribution in [1.29, 1.82) is 0 Å². The van der Waals surface area contributed by atoms with Crippen LogP contribution in [0.2, 0.25) is 0 Å². The Bertz CT molecular complexity index is 710. The average Bonchev–Trinajstić information content (AvgIpc) is 2.53. The molecule has 0 saturated heterocycles. The van der Waals surface area contributed by atoms with E-state index in [-0.39, 0.29) is 12.4 Å². The molecule has 0 fully saturated rings. The third kappa shape index (κ3) is 2.32. The molecule has 1 aromatic carbocycles. The third-order valence-electron chi connectivity index (χ3n) is 4.02. The Kier molecular flexibility index (Phi) is 3.72. The lowest BCUT2D eigenvalue weighted by Crippen LogP contribution is -3.00. The number of aromatic nitrogens is 2. The Morgan fingerprint density at radius 3 is 2.52 bits per heavy atom. The van der Waals surface area contributed by atoms with E-state index in [0.717, 1.165) is 6.54 Å². The molecule has 4 rings (SSSR count). The van der Waals surface area contributed by atoms with E-state index in [2.05, 4.69) is 70.3 Å². The number of hydrogen-bond acceptors (Lipinski definition) is 1. The average molecular weight is 295 g/mol. The Balaban J connectivity index is 0.00000132. The van der Waals surface area contributed by atoms with Crippen molar-refractivity contribution in [3.63, 3.8) is 0 Å². The third-order valence-corrected chi connectivity index (χ3v) is 4.02. The summed E-state index contributed by atoms with van der Waals surface area (Å²) >= 11 is 0. The first-order valence-corrected chi connectivity index (χ1v) is 6.89. The molecule has 0 bridgehead atoms. The van der Waals surface area contributed by atoms with Crippen molar-refractivity contribution in [3.05, 3.63) is 95.6 Å². The van der Waals surface area contributed by atoms with Crippen LogP contribution < -0.4 is 17.0 Å². The number of halogens is 1. The summed E-state index contributed by atoms with van der Waals surface area (Å²) in [6.45, 7) is 0.952. The second-order valence-electron chi connectivity index (χ2n) is 5.17. The predicted octanol–water partition coefficient (Wildman–Crippen LogP) is -0.0850. The van der Waals surface area contributed by atoms with Gasteiger partial charge in [-0.25, -0.2) is 0 Å². The minimum Gasteiger partial charge on any atom is -1.00 e. The van der Waals surface area contributed by atoms with Crippen LogP contribution in [0.5, 0.6) is 0 Å². The van der Waals surface area contributed by atoms with Crippen LogP contribution in [0.1, 0.15) is 28.3 Å². The SMILES string of the molecule is [Cl-].c1ccc2c(c1)C[n+]1ccccc1C2c1ccncc1. The lowest BCUT2D eigenvalue weighted by Gasteiger charge is -2.23. The van der Waals surface area contributed by atoms with Gasteiger partial charge in [0.15, 0.2) is 18.4 Å². The second kappa shape index (κ2) is 5.66. The maximum absolute atomic E-state index is 4.15. The predicted molar refractivity (Wildman–Crippen MR) is 77.4 cm³/mol. The molecule has 1 aliphatic heterocycles. The molecule has 0 aliphatic carbocycles. The van der Waals surface area contributed by atoms with E-state index in [9.17, 15) is 0 Å². The standard InChI is InChI=1S/C18H15N2.ClH/c1-2-6-16-15(5-1)13-20-12-4-3-7-17(20)18(16)14-8-10-19-11-9-14;/h1-12,18H,13H2;1H/q+1;/p-1. The second-order valence-corrected chi connectivity index (χ2v) is 5.17. The number of hydrogen-bond donors (Lipinski definition) is 0. The highest BCUT2D eigenvalue weighted by atomic mass is 35.5. The summed E-state index contributed by atoms with van der Waals surface area (Å²) in [7, 11) is 0. The molecule has 0 amide bonds. The van der Waals surface area contributed by atoms with Crippen LogP contribution in [0.25, 0.3) is 0 Å². The summed E-state index contributed by atoms with van der Waals surface area (Å²) in [5.41, 5.74) is 5.45. The molecule has 3 heterocycles. The molecule has 104 valence electrons. The fourth-order valence-corrected chi connectivity index (χ4v) is 3.10. The summed E-state index contributed by atoms with van der Waals surface area (Å²) in [4.78, 5) is 4.15. The van der Waals surface area contributed by atoms with Crippen LogP contribution in [0, 0.1) is 0 Å². The van der Waals surface area contributed by atoms with Gasteiger partial charge in [-0.2, -0.15) is 4.57 Å². The number of nitrogens with zero attached hydrogens (tertiary/aromatic N) is 2. The smallest absolute Gasteiger partial charge is 0.193 e. The molecule has 0 spiro atoms. The highest BCUT2D eigenvalue weighted by molar-refractivity contribution is 5.43. The molecule has 3 heteroatoms. The minimum atomic E-state index is 0. The van der Waals surface area contributed by atoms with E-state index in [1.54, 1.807) is 0 Å². The molecule has 1 atom stereocenters. The fraction of sp³-hybridized carbons (Fsp3) is 0.111. The first-order valence-electron chi connectivity index (χ1n) is 6.89. The van der Waals surface area contributed by atoms with Crippen molar-refractivity contribution >= 4 is 0 Å². The van der Waals surface area contributed by atoms with Gasteiger partial charge in [-0.05, 0) is 23.3 Å². The Morgan fingerprint density at radius 1 is 0.905 bits per heavy atom. The molecule has 2 nitrogen and oxygen atoms in total. The van der Waals surface area contributed by atoms with E-state index in [1.807, 2.05) is 12.4 Å². The van der Waals surface area contributed by atoms with E-state index in [0.29, 0.717) is 5.92 Å². The van der Waals surface area contributed by atoms with Gasteiger partial charge in [0.25, 0.3) is 0 Å². The Labute approximate surface area is 130 Å². The van der Waals surface area contributed by atoms with Crippen molar-refractivity contribution in [3.8, 4) is 0 Å². The summed E-state index contributed by atoms with van der Waals surface area (Å²) in [6.07, 6.45) is 5.92. The number of rotatable bonds is 1. The summed E-state index contributed by atoms with van der Waals surface area (Å²) in [5.74, 6) is 0.296. The van der Waals surface area contributed by atoms with Gasteiger partial charge in [0.05, 0.1) is 5.92 Å². The number of benzene rings is 1. The molecule has 1 aliphatic rings. The van der Waals surface area contributed by atoms with Crippen LogP contribution in [0.4, 0.5) is 0 Å². The van der Waals surface area contributed by atoms with Crippen molar-refractivity contribution in [2.75, 3.05) is 0 Å². The van der Waals surface area contributed by atoms with Gasteiger partial charge in [-0.15, -0.1) is 0 Å². The molecule has 2 aromatic heterocycles. The molecule has 21 heavy (non-hydrogen) atoms. The zero-order chi connectivity index (χ0) is 13.4. The summed E-state index contributed by atoms with van der Waals surface area (Å²) < 4.78 is 2.34. The van der Waals surface area contributed by atoms with Crippen molar-refractivity contribution in [2.24, 2.45) is 0 Å². The van der Waals surface area contributed by atoms with E-state index >= 15 is 0 Å². The molecule has 1 unspecified atom stereocenters. The molecular formula is C18H15ClN2. The van der Waals surface area contributed by atoms with Gasteiger partial charge in [0.1, 0.15) is 0 Å². The van der Waals surface area contributed by atoms with Crippen molar-refractivity contribution < 1.29 is 17.0 Å². The van der Waals surface area contributed by atoms with Crippen molar-refractivity contribution in [1.82, 2.24) is 4.98 Å². The number of fused-ring (bicyclic) bond motifs is 2. The maximum atomic E-state index is 4.15. The largest absolute Gasteiger partial charge is 1.00 e. The highest BCUT2D eigenvalue weighted by Gasteiger charge is 2.31. The van der Waals surface area contributed by atoms with E-state index < -0.39 is 0 Å². The lowest BCUT2D eigenvalue weighted by atomic mass is 9.83. The maximum Gasteiger partial charge on any atom is 0.193 e. The van der Waals surface area contributed by atoms with Crippen molar-refractivity contribution in [2.45, 2.75) is 12.5 Å². The monoisotopic (exact) mass is 294 g/mol. The van der Waals surface area contributed by atoms with Gasteiger partial charge in [0.2, 0.25) is 0 Å². The summed E-state index contributed by atoms with van der Waals surface area (Å²) in [6, 6.07) is 19.4. The first-order chi connectivity index (χ1) is 9.93. The minimum absolute atomic E-state index is 0. The Morgan fingerprint density at radius 2 is 1.67 bits per heavy atom. The van der Waals surface area contributed by atoms with Gasteiger partial charge >= 0.3 is 0 Å². The van der Waals surface area contributed by atoms with Crippen LogP contribution >= 0.6 is 0 Å². The first kappa shape index (κ1) is 13.8. The van der Waals surface area contributed by atoms with Crippen LogP contribution in [-0.4, -0.2) is 4.98 Å². The van der Waals surface area contributed by atoms with Crippen LogP contribution in [-0.2, 0) is 6.54 Å².